The zero-order chi connectivity index (χ0) is 19.9. The molecule has 1 aliphatic heterocycles. The Kier molecular flexibility index (Phi) is 6.15. The van der Waals surface area contributed by atoms with E-state index in [2.05, 4.69) is 47.5 Å². The first-order valence-corrected chi connectivity index (χ1v) is 9.21. The largest absolute Gasteiger partial charge is 0.429 e. The molecule has 2 aliphatic rings. The van der Waals surface area contributed by atoms with Gasteiger partial charge in [0.15, 0.2) is 0 Å². The Bertz CT molecular complexity index is 1040. The maximum absolute atomic E-state index is 12.3. The second kappa shape index (κ2) is 8.94. The van der Waals surface area contributed by atoms with E-state index in [1.54, 1.807) is 15.7 Å². The average molecular weight is 372 g/mol. The van der Waals surface area contributed by atoms with E-state index < -0.39 is 0 Å². The average Bonchev–Trinajstić information content (AvgIpc) is 3.22. The monoisotopic (exact) mass is 372 g/mol. The Morgan fingerprint density at radius 2 is 2.25 bits per heavy atom. The van der Waals surface area contributed by atoms with Crippen LogP contribution in [0.5, 0.6) is 0 Å². The zero-order valence-electron chi connectivity index (χ0n) is 16.2. The summed E-state index contributed by atoms with van der Waals surface area (Å²) in [5.41, 5.74) is 2.20. The lowest BCUT2D eigenvalue weighted by molar-refractivity contribution is -0.497. The summed E-state index contributed by atoms with van der Waals surface area (Å²) in [5, 5.41) is 0. The molecule has 0 N–H and O–H groups in total. The molecule has 3 rings (SSSR count). The van der Waals surface area contributed by atoms with Crippen LogP contribution in [0.1, 0.15) is 61.6 Å². The van der Waals surface area contributed by atoms with E-state index in [0.717, 1.165) is 30.4 Å². The number of carbonyl (C=O) groups excluding carboxylic acids is 1. The molecule has 0 radical (unpaired) electrons. The second-order valence-electron chi connectivity index (χ2n) is 6.62. The van der Waals surface area contributed by atoms with E-state index in [9.17, 15) is 4.79 Å². The number of Topliss-reactive ketones (excluding diaryl/α,β-unsaturated/α-hetero) is 1. The van der Waals surface area contributed by atoms with E-state index in [1.165, 1.54) is 0 Å². The van der Waals surface area contributed by atoms with Crippen LogP contribution >= 0.6 is 0 Å². The summed E-state index contributed by atoms with van der Waals surface area (Å²) in [6.45, 7) is 5.86. The highest BCUT2D eigenvalue weighted by Crippen LogP contribution is 2.23. The maximum Gasteiger partial charge on any atom is 0.309 e. The zero-order valence-corrected chi connectivity index (χ0v) is 16.2. The van der Waals surface area contributed by atoms with Crippen LogP contribution in [0.2, 0.25) is 0 Å². The van der Waals surface area contributed by atoms with Crippen LogP contribution in [0.25, 0.3) is 0 Å². The molecule has 1 unspecified atom stereocenters. The number of aromatic nitrogens is 1. The van der Waals surface area contributed by atoms with Gasteiger partial charge in [0.25, 0.3) is 5.89 Å². The highest BCUT2D eigenvalue weighted by atomic mass is 16.4. The fraction of sp³-hybridized carbons (Fsp3) is 0.348. The third kappa shape index (κ3) is 4.61. The molecule has 1 aromatic rings. The van der Waals surface area contributed by atoms with Gasteiger partial charge in [0.05, 0.1) is 18.7 Å². The molecule has 1 atom stereocenters. The SMILES string of the molecule is C=[N+]1C#CN(C)C1c1cnc(C(=O)C/C=C/CCCC2=C(C)C#CCC#C2)o1. The van der Waals surface area contributed by atoms with Gasteiger partial charge in [-0.05, 0) is 26.2 Å². The fourth-order valence-electron chi connectivity index (χ4n) is 2.94. The number of rotatable bonds is 8. The van der Waals surface area contributed by atoms with Crippen molar-refractivity contribution in [2.45, 2.75) is 45.2 Å². The lowest BCUT2D eigenvalue weighted by atomic mass is 10.0. The molecule has 0 fully saturated rings. The van der Waals surface area contributed by atoms with Gasteiger partial charge in [-0.25, -0.2) is 4.98 Å². The van der Waals surface area contributed by atoms with Gasteiger partial charge < -0.3 is 4.42 Å². The maximum atomic E-state index is 12.3. The minimum absolute atomic E-state index is 0.112. The molecule has 5 heteroatoms. The van der Waals surface area contributed by atoms with Crippen LogP contribution in [0.3, 0.4) is 0 Å². The topological polar surface area (TPSA) is 49.4 Å². The summed E-state index contributed by atoms with van der Waals surface area (Å²) >= 11 is 0. The second-order valence-corrected chi connectivity index (χ2v) is 6.62. The highest BCUT2D eigenvalue weighted by molar-refractivity contribution is 5.92. The molecule has 28 heavy (non-hydrogen) atoms. The molecular weight excluding hydrogens is 350 g/mol. The summed E-state index contributed by atoms with van der Waals surface area (Å²) in [6, 6.07) is 5.72. The smallest absolute Gasteiger partial charge is 0.309 e. The lowest BCUT2D eigenvalue weighted by Crippen LogP contribution is -2.22. The van der Waals surface area contributed by atoms with Gasteiger partial charge in [0.2, 0.25) is 17.6 Å². The molecule has 0 aromatic carbocycles. The number of unbranched alkanes of at least 4 members (excludes halogenated alkanes) is 1. The summed E-state index contributed by atoms with van der Waals surface area (Å²) in [5.74, 6) is 12.9. The first-order valence-electron chi connectivity index (χ1n) is 9.21. The number of nitrogens with zero attached hydrogens (tertiary/aromatic N) is 3. The summed E-state index contributed by atoms with van der Waals surface area (Å²) in [6.07, 6.45) is 8.83. The van der Waals surface area contributed by atoms with Crippen molar-refractivity contribution in [3.63, 3.8) is 0 Å². The molecule has 0 saturated carbocycles. The first kappa shape index (κ1) is 19.3. The number of ketones is 1. The Balaban J connectivity index is 1.45. The summed E-state index contributed by atoms with van der Waals surface area (Å²) < 4.78 is 7.20. The van der Waals surface area contributed by atoms with Crippen LogP contribution in [-0.2, 0) is 0 Å². The van der Waals surface area contributed by atoms with Crippen LogP contribution in [-0.4, -0.2) is 34.0 Å². The van der Waals surface area contributed by atoms with Crippen molar-refractivity contribution in [1.82, 2.24) is 9.88 Å². The third-order valence-electron chi connectivity index (χ3n) is 4.46. The Labute approximate surface area is 165 Å². The summed E-state index contributed by atoms with van der Waals surface area (Å²) in [7, 11) is 1.83. The normalized spacial score (nSPS) is 17.6. The first-order chi connectivity index (χ1) is 13.6. The summed E-state index contributed by atoms with van der Waals surface area (Å²) in [4.78, 5) is 18.1. The fourth-order valence-corrected chi connectivity index (χ4v) is 2.94. The van der Waals surface area contributed by atoms with Gasteiger partial charge in [-0.15, -0.1) is 4.58 Å². The number of carbonyl (C=O) groups is 1. The molecule has 0 saturated heterocycles. The van der Waals surface area contributed by atoms with Crippen LogP contribution in [0.15, 0.2) is 33.9 Å². The minimum Gasteiger partial charge on any atom is -0.429 e. The van der Waals surface area contributed by atoms with Crippen molar-refractivity contribution in [3.05, 3.63) is 41.1 Å². The number of allylic oxidation sites excluding steroid dienone is 4. The molecule has 0 bridgehead atoms. The van der Waals surface area contributed by atoms with Crippen molar-refractivity contribution >= 4 is 12.5 Å². The standard InChI is InChI=1S/C23H22N3O2/c1-18-11-7-6-9-13-19(18)12-8-4-5-10-14-20(27)22-24-17-21(28-22)23-25(2)15-16-26(23)3/h5,10,17,23H,2,4,6,8,12,14H2,1,3H3/q+1/b10-5+. The van der Waals surface area contributed by atoms with Crippen molar-refractivity contribution in [2.24, 2.45) is 0 Å². The third-order valence-corrected chi connectivity index (χ3v) is 4.46. The van der Waals surface area contributed by atoms with Gasteiger partial charge >= 0.3 is 6.17 Å². The molecule has 1 aliphatic carbocycles. The predicted octanol–water partition coefficient (Wildman–Crippen LogP) is 3.28. The molecule has 0 amide bonds. The van der Waals surface area contributed by atoms with E-state index in [4.69, 9.17) is 4.42 Å². The van der Waals surface area contributed by atoms with E-state index >= 15 is 0 Å². The van der Waals surface area contributed by atoms with Gasteiger partial charge in [-0.2, -0.15) is 0 Å². The predicted molar refractivity (Wildman–Crippen MR) is 107 cm³/mol. The van der Waals surface area contributed by atoms with Crippen LogP contribution in [0, 0.1) is 35.8 Å². The molecule has 140 valence electrons. The van der Waals surface area contributed by atoms with Crippen LogP contribution < -0.4 is 0 Å². The molecule has 1 aromatic heterocycles. The van der Waals surface area contributed by atoms with E-state index in [-0.39, 0.29) is 24.3 Å². The van der Waals surface area contributed by atoms with E-state index in [0.29, 0.717) is 12.2 Å². The Morgan fingerprint density at radius 3 is 3.04 bits per heavy atom. The van der Waals surface area contributed by atoms with Crippen molar-refractivity contribution in [2.75, 3.05) is 7.05 Å². The van der Waals surface area contributed by atoms with E-state index in [1.807, 2.05) is 26.1 Å². The van der Waals surface area contributed by atoms with Gasteiger partial charge in [0, 0.05) is 24.6 Å². The Hall–Kier alpha value is -3.49. The minimum atomic E-state index is -0.279. The quantitative estimate of drug-likeness (QED) is 0.231. The van der Waals surface area contributed by atoms with Gasteiger partial charge in [-0.1, -0.05) is 35.8 Å². The Morgan fingerprint density at radius 1 is 1.43 bits per heavy atom. The number of hydrogen-bond acceptors (Lipinski definition) is 4. The molecule has 2 heterocycles. The lowest BCUT2D eigenvalue weighted by Gasteiger charge is -2.10. The van der Waals surface area contributed by atoms with Crippen molar-refractivity contribution in [1.29, 1.82) is 0 Å². The van der Waals surface area contributed by atoms with Crippen molar-refractivity contribution in [3.8, 4) is 35.8 Å². The van der Waals surface area contributed by atoms with Gasteiger partial charge in [-0.3, -0.25) is 9.69 Å². The molecular formula is C23H22N3O2+. The molecule has 0 spiro atoms. The number of oxazole rings is 1. The van der Waals surface area contributed by atoms with Crippen molar-refractivity contribution < 1.29 is 13.8 Å². The van der Waals surface area contributed by atoms with Gasteiger partial charge in [0.1, 0.15) is 6.72 Å². The highest BCUT2D eigenvalue weighted by Gasteiger charge is 2.33. The van der Waals surface area contributed by atoms with Crippen LogP contribution in [0.4, 0.5) is 0 Å². The number of hydrogen-bond donors (Lipinski definition) is 0. The molecule has 5 nitrogen and oxygen atoms in total.